The highest BCUT2D eigenvalue weighted by molar-refractivity contribution is 4.77. The Kier molecular flexibility index (Phi) is 4.69. The molecular weight excluding hydrogens is 140 g/mol. The molecule has 0 fully saturated rings. The molecule has 0 aromatic carbocycles. The third kappa shape index (κ3) is 2.46. The van der Waals surface area contributed by atoms with Crippen molar-refractivity contribution in [2.45, 2.75) is 52.7 Å². The molecule has 0 aromatic rings. The minimum atomic E-state index is -1.16. The molecule has 0 aliphatic carbocycles. The van der Waals surface area contributed by atoms with E-state index in [4.69, 9.17) is 10.2 Å². The summed E-state index contributed by atoms with van der Waals surface area (Å²) in [6, 6.07) is 0. The van der Waals surface area contributed by atoms with E-state index in [0.29, 0.717) is 0 Å². The van der Waals surface area contributed by atoms with Gasteiger partial charge in [-0.3, -0.25) is 0 Å². The summed E-state index contributed by atoms with van der Waals surface area (Å²) in [5.74, 6) is 0. The Labute approximate surface area is 69.2 Å². The van der Waals surface area contributed by atoms with Gasteiger partial charge in [0, 0.05) is 5.41 Å². The molecule has 0 aliphatic rings. The van der Waals surface area contributed by atoms with Crippen LogP contribution in [0.5, 0.6) is 0 Å². The number of aliphatic hydroxyl groups excluding tert-OH is 1. The molecule has 0 unspecified atom stereocenters. The maximum atomic E-state index is 9.15. The van der Waals surface area contributed by atoms with Crippen LogP contribution in [0, 0.1) is 5.41 Å². The normalized spacial score (nSPS) is 12.5. The second kappa shape index (κ2) is 4.73. The highest BCUT2D eigenvalue weighted by atomic mass is 16.5. The van der Waals surface area contributed by atoms with Crippen molar-refractivity contribution >= 4 is 0 Å². The van der Waals surface area contributed by atoms with Crippen LogP contribution >= 0.6 is 0 Å². The first-order chi connectivity index (χ1) is 5.13. The van der Waals surface area contributed by atoms with E-state index >= 15 is 0 Å². The van der Waals surface area contributed by atoms with E-state index in [9.17, 15) is 0 Å². The average Bonchev–Trinajstić information content (AvgIpc) is 2.00. The van der Waals surface area contributed by atoms with E-state index < -0.39 is 6.29 Å². The summed E-state index contributed by atoms with van der Waals surface area (Å²) in [6.07, 6.45) is 2.44. The van der Waals surface area contributed by atoms with Gasteiger partial charge in [0.1, 0.15) is 0 Å². The van der Waals surface area contributed by atoms with Gasteiger partial charge in [-0.25, -0.2) is 0 Å². The molecule has 0 spiro atoms. The standard InChI is InChI=1S/C9H20O2/c1-4-7-9(5-2,6-3)8(10)11/h8,10-11H,4-7H2,1-3H3. The summed E-state index contributed by atoms with van der Waals surface area (Å²) in [7, 11) is 0. The molecule has 0 bridgehead atoms. The van der Waals surface area contributed by atoms with Gasteiger partial charge in [-0.2, -0.15) is 0 Å². The lowest BCUT2D eigenvalue weighted by atomic mass is 9.78. The minimum absolute atomic E-state index is 0.255. The van der Waals surface area contributed by atoms with Crippen LogP contribution in [-0.4, -0.2) is 16.5 Å². The highest BCUT2D eigenvalue weighted by Crippen LogP contribution is 2.34. The van der Waals surface area contributed by atoms with Gasteiger partial charge in [-0.05, 0) is 19.3 Å². The van der Waals surface area contributed by atoms with Crippen molar-refractivity contribution in [3.8, 4) is 0 Å². The van der Waals surface area contributed by atoms with Crippen molar-refractivity contribution < 1.29 is 10.2 Å². The molecule has 0 amide bonds. The Hall–Kier alpha value is -0.0800. The summed E-state index contributed by atoms with van der Waals surface area (Å²) >= 11 is 0. The topological polar surface area (TPSA) is 40.5 Å². The van der Waals surface area contributed by atoms with Crippen molar-refractivity contribution in [3.63, 3.8) is 0 Å². The maximum Gasteiger partial charge on any atom is 0.157 e. The fraction of sp³-hybridized carbons (Fsp3) is 1.00. The van der Waals surface area contributed by atoms with E-state index in [-0.39, 0.29) is 5.41 Å². The molecule has 2 heteroatoms. The fourth-order valence-corrected chi connectivity index (χ4v) is 1.60. The van der Waals surface area contributed by atoms with Crippen molar-refractivity contribution in [1.29, 1.82) is 0 Å². The van der Waals surface area contributed by atoms with Gasteiger partial charge in [-0.15, -0.1) is 0 Å². The van der Waals surface area contributed by atoms with Gasteiger partial charge < -0.3 is 10.2 Å². The van der Waals surface area contributed by atoms with Gasteiger partial charge in [0.15, 0.2) is 6.29 Å². The van der Waals surface area contributed by atoms with Crippen LogP contribution in [0.25, 0.3) is 0 Å². The Balaban J connectivity index is 4.20. The molecule has 0 atom stereocenters. The first kappa shape index (κ1) is 10.9. The minimum Gasteiger partial charge on any atom is -0.368 e. The Morgan fingerprint density at radius 2 is 1.55 bits per heavy atom. The second-order valence-electron chi connectivity index (χ2n) is 3.19. The first-order valence-corrected chi connectivity index (χ1v) is 4.49. The van der Waals surface area contributed by atoms with Crippen LogP contribution in [-0.2, 0) is 0 Å². The van der Waals surface area contributed by atoms with E-state index in [1.165, 1.54) is 0 Å². The number of rotatable bonds is 5. The second-order valence-corrected chi connectivity index (χ2v) is 3.19. The number of hydrogen-bond donors (Lipinski definition) is 2. The smallest absolute Gasteiger partial charge is 0.157 e. The first-order valence-electron chi connectivity index (χ1n) is 4.49. The highest BCUT2D eigenvalue weighted by Gasteiger charge is 2.31. The van der Waals surface area contributed by atoms with E-state index in [1.807, 2.05) is 13.8 Å². The largest absolute Gasteiger partial charge is 0.368 e. The van der Waals surface area contributed by atoms with Crippen LogP contribution in [0.15, 0.2) is 0 Å². The lowest BCUT2D eigenvalue weighted by Crippen LogP contribution is -2.33. The van der Waals surface area contributed by atoms with Crippen molar-refractivity contribution in [2.24, 2.45) is 5.41 Å². The Morgan fingerprint density at radius 3 is 1.64 bits per heavy atom. The number of hydrogen-bond acceptors (Lipinski definition) is 2. The SMILES string of the molecule is CCCC(CC)(CC)C(O)O. The van der Waals surface area contributed by atoms with Crippen LogP contribution in [0.4, 0.5) is 0 Å². The van der Waals surface area contributed by atoms with Crippen LogP contribution in [0.3, 0.4) is 0 Å². The van der Waals surface area contributed by atoms with Gasteiger partial charge >= 0.3 is 0 Å². The molecule has 0 saturated heterocycles. The van der Waals surface area contributed by atoms with Gasteiger partial charge in [0.25, 0.3) is 0 Å². The molecule has 2 nitrogen and oxygen atoms in total. The zero-order chi connectivity index (χ0) is 8.91. The van der Waals surface area contributed by atoms with Gasteiger partial charge in [-0.1, -0.05) is 27.2 Å². The molecular formula is C9H20O2. The quantitative estimate of drug-likeness (QED) is 0.603. The fourth-order valence-electron chi connectivity index (χ4n) is 1.60. The van der Waals surface area contributed by atoms with Crippen LogP contribution in [0.1, 0.15) is 46.5 Å². The summed E-state index contributed by atoms with van der Waals surface area (Å²) in [5.41, 5.74) is -0.255. The molecule has 68 valence electrons. The van der Waals surface area contributed by atoms with Crippen molar-refractivity contribution in [1.82, 2.24) is 0 Å². The maximum absolute atomic E-state index is 9.15. The molecule has 0 radical (unpaired) electrons. The summed E-state index contributed by atoms with van der Waals surface area (Å²) < 4.78 is 0. The Morgan fingerprint density at radius 1 is 1.09 bits per heavy atom. The van der Waals surface area contributed by atoms with E-state index in [1.54, 1.807) is 0 Å². The van der Waals surface area contributed by atoms with Crippen molar-refractivity contribution in [2.75, 3.05) is 0 Å². The van der Waals surface area contributed by atoms with Crippen LogP contribution in [0.2, 0.25) is 0 Å². The van der Waals surface area contributed by atoms with E-state index in [0.717, 1.165) is 25.7 Å². The lowest BCUT2D eigenvalue weighted by molar-refractivity contribution is -0.142. The zero-order valence-corrected chi connectivity index (χ0v) is 7.80. The number of aliphatic hydroxyl groups is 2. The molecule has 0 saturated carbocycles. The predicted octanol–water partition coefficient (Wildman–Crippen LogP) is 1.90. The third-order valence-corrected chi connectivity index (χ3v) is 2.70. The summed E-state index contributed by atoms with van der Waals surface area (Å²) in [4.78, 5) is 0. The lowest BCUT2D eigenvalue weighted by Gasteiger charge is -2.33. The summed E-state index contributed by atoms with van der Waals surface area (Å²) in [6.45, 7) is 6.10. The van der Waals surface area contributed by atoms with Crippen LogP contribution < -0.4 is 0 Å². The predicted molar refractivity (Wildman–Crippen MR) is 46.1 cm³/mol. The molecule has 11 heavy (non-hydrogen) atoms. The molecule has 0 aromatic heterocycles. The monoisotopic (exact) mass is 160 g/mol. The average molecular weight is 160 g/mol. The van der Waals surface area contributed by atoms with Gasteiger partial charge in [0.2, 0.25) is 0 Å². The zero-order valence-electron chi connectivity index (χ0n) is 7.80. The molecule has 0 aliphatic heterocycles. The third-order valence-electron chi connectivity index (χ3n) is 2.70. The molecule has 0 heterocycles. The Bertz CT molecular complexity index is 95.7. The van der Waals surface area contributed by atoms with Gasteiger partial charge in [0.05, 0.1) is 0 Å². The molecule has 0 rings (SSSR count). The summed E-state index contributed by atoms with van der Waals surface area (Å²) in [5, 5.41) is 18.3. The molecule has 2 N–H and O–H groups in total. The van der Waals surface area contributed by atoms with E-state index in [2.05, 4.69) is 6.92 Å². The van der Waals surface area contributed by atoms with Crippen molar-refractivity contribution in [3.05, 3.63) is 0 Å².